The average Bonchev–Trinajstić information content (AvgIpc) is 1.42. The van der Waals surface area contributed by atoms with Crippen molar-refractivity contribution in [1.29, 1.82) is 0 Å². The van der Waals surface area contributed by atoms with Gasteiger partial charge in [0.05, 0.1) is 50.8 Å². The van der Waals surface area contributed by atoms with Gasteiger partial charge in [0.15, 0.2) is 31.5 Å². The van der Waals surface area contributed by atoms with Gasteiger partial charge in [-0.1, -0.05) is 53.2 Å². The Hall–Kier alpha value is -1.38. The van der Waals surface area contributed by atoms with E-state index in [1.165, 1.54) is 19.4 Å². The van der Waals surface area contributed by atoms with Gasteiger partial charge in [-0.25, -0.2) is 0 Å². The Morgan fingerprint density at radius 1 is 0.500 bits per heavy atom. The van der Waals surface area contributed by atoms with Crippen LogP contribution in [0, 0.1) is 45.3 Å². The van der Waals surface area contributed by atoms with Gasteiger partial charge >= 0.3 is 0 Å². The molecule has 0 radical (unpaired) electrons. The van der Waals surface area contributed by atoms with Crippen LogP contribution < -0.4 is 0 Å². The molecule has 9 rings (SSSR count). The lowest BCUT2D eigenvalue weighted by atomic mass is 9.39. The number of hydrogen-bond donors (Lipinski definition) is 18. The van der Waals surface area contributed by atoms with Crippen molar-refractivity contribution >= 4 is 0 Å². The van der Waals surface area contributed by atoms with Crippen LogP contribution in [0.25, 0.3) is 0 Å². The molecule has 510 valence electrons. The Morgan fingerprint density at radius 2 is 0.966 bits per heavy atom. The summed E-state index contributed by atoms with van der Waals surface area (Å²) >= 11 is 0. The molecule has 5 aliphatic heterocycles. The normalized spacial score (nSPS) is 51.4. The first-order chi connectivity index (χ1) is 41.2. The van der Waals surface area contributed by atoms with Gasteiger partial charge in [0.25, 0.3) is 0 Å². The van der Waals surface area contributed by atoms with E-state index in [4.69, 9.17) is 47.4 Å². The quantitative estimate of drug-likeness (QED) is 0.0512. The first-order valence-corrected chi connectivity index (χ1v) is 31.5. The number of hydrogen-bond acceptors (Lipinski definition) is 28. The molecule has 34 atom stereocenters. The van der Waals surface area contributed by atoms with E-state index >= 15 is 0 Å². The Kier molecular flexibility index (Phi) is 22.1. The lowest BCUT2D eigenvalue weighted by Gasteiger charge is -2.66. The third-order valence-corrected chi connectivity index (χ3v) is 22.8. The molecule has 8 fully saturated rings. The molecule has 0 bridgehead atoms. The molecule has 3 saturated carbocycles. The van der Waals surface area contributed by atoms with E-state index in [1.54, 1.807) is 0 Å². The van der Waals surface area contributed by atoms with Crippen LogP contribution in [0.2, 0.25) is 0 Å². The van der Waals surface area contributed by atoms with E-state index in [9.17, 15) is 91.9 Å². The molecule has 28 heteroatoms. The first kappa shape index (κ1) is 70.9. The van der Waals surface area contributed by atoms with E-state index < -0.39 is 210 Å². The van der Waals surface area contributed by atoms with Crippen LogP contribution in [0.4, 0.5) is 0 Å². The van der Waals surface area contributed by atoms with Crippen molar-refractivity contribution in [3.05, 3.63) is 11.6 Å². The molecule has 0 aromatic heterocycles. The van der Waals surface area contributed by atoms with Gasteiger partial charge in [0, 0.05) is 5.41 Å². The fraction of sp³-hybridized carbons (Fsp3) is 0.967. The summed E-state index contributed by atoms with van der Waals surface area (Å²) in [5.41, 5.74) is -1.23. The van der Waals surface area contributed by atoms with Crippen LogP contribution in [0.15, 0.2) is 11.6 Å². The molecule has 18 N–H and O–H groups in total. The van der Waals surface area contributed by atoms with Gasteiger partial charge in [-0.15, -0.1) is 0 Å². The van der Waals surface area contributed by atoms with Crippen molar-refractivity contribution in [1.82, 2.24) is 0 Å². The van der Waals surface area contributed by atoms with E-state index in [0.29, 0.717) is 18.8 Å². The second-order valence-electron chi connectivity index (χ2n) is 28.6. The van der Waals surface area contributed by atoms with Crippen molar-refractivity contribution < 1.29 is 139 Å². The number of rotatable bonds is 20. The van der Waals surface area contributed by atoms with Crippen molar-refractivity contribution in [2.45, 2.75) is 285 Å². The zero-order valence-electron chi connectivity index (χ0n) is 51.5. The average molecular weight is 1270 g/mol. The first-order valence-electron chi connectivity index (χ1n) is 31.5. The number of allylic oxidation sites excluding steroid dienone is 1. The summed E-state index contributed by atoms with van der Waals surface area (Å²) in [6, 6.07) is 0. The van der Waals surface area contributed by atoms with Gasteiger partial charge in [-0.2, -0.15) is 0 Å². The second kappa shape index (κ2) is 27.4. The molecule has 88 heavy (non-hydrogen) atoms. The van der Waals surface area contributed by atoms with E-state index in [0.717, 1.165) is 38.5 Å². The van der Waals surface area contributed by atoms with Crippen molar-refractivity contribution in [2.24, 2.45) is 45.3 Å². The van der Waals surface area contributed by atoms with Gasteiger partial charge < -0.3 is 139 Å². The predicted molar refractivity (Wildman–Crippen MR) is 299 cm³/mol. The van der Waals surface area contributed by atoms with Crippen LogP contribution in [-0.2, 0) is 47.4 Å². The minimum absolute atomic E-state index is 0.0807. The number of fused-ring (bicyclic) bond motifs is 5. The molecule has 0 aromatic carbocycles. The SMILES string of the molecule is CC(CCC(OC1OC(OCC2OC(CO)C(O)C(O)C2O)C(O)C(O)C1OC1OC(CO)C(O)C(O)C1O)C(C)(C)O)C1CCC2(C)C3CC=C4C(CCC(OC5OC(COC6OC(CO)C(O)C(O)C6O)C(O)C(O)C5O)C4(C)C)C3(C)CCC12C. The topological polar surface area (TPSA) is 456 Å². The maximum Gasteiger partial charge on any atom is 0.190 e. The third-order valence-electron chi connectivity index (χ3n) is 22.8. The highest BCUT2D eigenvalue weighted by molar-refractivity contribution is 5.30. The fourth-order valence-electron chi connectivity index (χ4n) is 17.0. The highest BCUT2D eigenvalue weighted by Crippen LogP contribution is 2.75. The Bertz CT molecular complexity index is 2310. The molecule has 9 aliphatic rings. The maximum absolute atomic E-state index is 11.8. The molecule has 0 amide bonds. The molecule has 34 unspecified atom stereocenters. The van der Waals surface area contributed by atoms with Gasteiger partial charge in [0.1, 0.15) is 122 Å². The maximum atomic E-state index is 11.8. The summed E-state index contributed by atoms with van der Waals surface area (Å²) in [5.74, 6) is 0.817. The van der Waals surface area contributed by atoms with Gasteiger partial charge in [-0.3, -0.25) is 0 Å². The molecule has 0 aromatic rings. The minimum atomic E-state index is -1.98. The predicted octanol–water partition coefficient (Wildman–Crippen LogP) is -4.38. The van der Waals surface area contributed by atoms with Crippen LogP contribution in [0.1, 0.15) is 113 Å². The summed E-state index contributed by atoms with van der Waals surface area (Å²) in [7, 11) is 0. The summed E-state index contributed by atoms with van der Waals surface area (Å²) in [4.78, 5) is 0. The molecular weight excluding hydrogens is 1170 g/mol. The van der Waals surface area contributed by atoms with Crippen molar-refractivity contribution in [3.8, 4) is 0 Å². The zero-order valence-corrected chi connectivity index (χ0v) is 51.5. The summed E-state index contributed by atoms with van der Waals surface area (Å²) in [6.07, 6.45) is -33.6. The summed E-state index contributed by atoms with van der Waals surface area (Å²) < 4.78 is 59.6. The standard InChI is InChI=1S/C60H102O28/c1-24(9-13-35(57(4,5)78)86-55-50(87-54-48(76)43(71)38(66)30(21-63)83-54)45(73)49(77)52(88-55)80-22-31-39(67)41(69)36(64)28(19-61)81-31)25-15-16-60(8)33-12-10-26-27(58(33,6)17-18-59(25,60)7)11-14-34(56(26,2)3)85-53-47(75)44(72)40(68)32(84-53)23-79-51-46(74)42(70)37(65)29(20-62)82-51/h10,24-25,27-55,61-78H,9,11-23H2,1-8H3. The summed E-state index contributed by atoms with van der Waals surface area (Å²) in [6.45, 7) is 13.5. The van der Waals surface area contributed by atoms with E-state index in [-0.39, 0.29) is 40.4 Å². The van der Waals surface area contributed by atoms with Crippen LogP contribution >= 0.6 is 0 Å². The fourth-order valence-corrected chi connectivity index (χ4v) is 17.0. The van der Waals surface area contributed by atoms with Crippen LogP contribution in [0.3, 0.4) is 0 Å². The van der Waals surface area contributed by atoms with Crippen LogP contribution in [0.5, 0.6) is 0 Å². The Labute approximate surface area is 512 Å². The zero-order chi connectivity index (χ0) is 64.7. The van der Waals surface area contributed by atoms with Gasteiger partial charge in [-0.05, 0) is 112 Å². The minimum Gasteiger partial charge on any atom is -0.394 e. The highest BCUT2D eigenvalue weighted by atomic mass is 16.8. The molecular formula is C60H102O28. The van der Waals surface area contributed by atoms with Crippen LogP contribution in [-0.4, -0.2) is 296 Å². The smallest absolute Gasteiger partial charge is 0.190 e. The van der Waals surface area contributed by atoms with Gasteiger partial charge in [0.2, 0.25) is 0 Å². The number of aliphatic hydroxyl groups excluding tert-OH is 17. The molecule has 28 nitrogen and oxygen atoms in total. The third kappa shape index (κ3) is 13.0. The Balaban J connectivity index is 0.871. The van der Waals surface area contributed by atoms with Crippen molar-refractivity contribution in [3.63, 3.8) is 0 Å². The largest absolute Gasteiger partial charge is 0.394 e. The molecule has 5 heterocycles. The summed E-state index contributed by atoms with van der Waals surface area (Å²) in [5, 5.41) is 192. The Morgan fingerprint density at radius 3 is 1.52 bits per heavy atom. The van der Waals surface area contributed by atoms with E-state index in [2.05, 4.69) is 47.6 Å². The monoisotopic (exact) mass is 1270 g/mol. The molecule has 4 aliphatic carbocycles. The highest BCUT2D eigenvalue weighted by Gasteiger charge is 2.68. The van der Waals surface area contributed by atoms with E-state index in [1.807, 2.05) is 0 Å². The second-order valence-corrected chi connectivity index (χ2v) is 28.6. The lowest BCUT2D eigenvalue weighted by molar-refractivity contribution is -0.400. The molecule has 5 saturated heterocycles. The molecule has 0 spiro atoms. The van der Waals surface area contributed by atoms with Crippen molar-refractivity contribution in [2.75, 3.05) is 33.0 Å². The number of ether oxygens (including phenoxy) is 10. The number of aliphatic hydroxyl groups is 18. The lowest BCUT2D eigenvalue weighted by Crippen LogP contribution is -2.65.